The predicted molar refractivity (Wildman–Crippen MR) is 64.6 cm³/mol. The predicted octanol–water partition coefficient (Wildman–Crippen LogP) is 2.21. The minimum Gasteiger partial charge on any atom is -0.481 e. The van der Waals surface area contributed by atoms with Crippen LogP contribution >= 0.6 is 11.3 Å². The normalized spacial score (nSPS) is 26.1. The quantitative estimate of drug-likeness (QED) is 0.879. The van der Waals surface area contributed by atoms with E-state index in [1.54, 1.807) is 11.3 Å². The van der Waals surface area contributed by atoms with Crippen molar-refractivity contribution in [3.05, 3.63) is 21.9 Å². The van der Waals surface area contributed by atoms with Crippen LogP contribution in [0.3, 0.4) is 0 Å². The maximum absolute atomic E-state index is 11.0. The van der Waals surface area contributed by atoms with Gasteiger partial charge in [-0.25, -0.2) is 0 Å². The molecular formula is C12H17NO2S. The third-order valence-electron chi connectivity index (χ3n) is 3.18. The molecule has 0 unspecified atom stereocenters. The molecule has 4 heteroatoms. The van der Waals surface area contributed by atoms with Crippen LogP contribution in [0, 0.1) is 18.8 Å². The Labute approximate surface area is 99.7 Å². The second-order valence-corrected chi connectivity index (χ2v) is 6.00. The number of carboxylic acids is 1. The number of thiophene rings is 1. The van der Waals surface area contributed by atoms with Gasteiger partial charge in [-0.05, 0) is 25.0 Å². The Kier molecular flexibility index (Phi) is 3.30. The van der Waals surface area contributed by atoms with Gasteiger partial charge in [-0.3, -0.25) is 9.69 Å². The van der Waals surface area contributed by atoms with Gasteiger partial charge >= 0.3 is 5.97 Å². The van der Waals surface area contributed by atoms with Crippen molar-refractivity contribution in [3.63, 3.8) is 0 Å². The SMILES string of the molecule is Cc1ccc(CN2C[C@@H](C)[C@H](C(=O)O)C2)s1. The van der Waals surface area contributed by atoms with Crippen molar-refractivity contribution in [1.29, 1.82) is 0 Å². The number of carboxylic acid groups (broad SMARTS) is 1. The summed E-state index contributed by atoms with van der Waals surface area (Å²) in [6.45, 7) is 6.60. The van der Waals surface area contributed by atoms with E-state index >= 15 is 0 Å². The number of aryl methyl sites for hydroxylation is 1. The fraction of sp³-hybridized carbons (Fsp3) is 0.583. The molecule has 0 amide bonds. The molecule has 1 aromatic rings. The zero-order chi connectivity index (χ0) is 11.7. The lowest BCUT2D eigenvalue weighted by Crippen LogP contribution is -2.22. The lowest BCUT2D eigenvalue weighted by molar-refractivity contribution is -0.142. The minimum absolute atomic E-state index is 0.193. The number of likely N-dealkylation sites (tertiary alicyclic amines) is 1. The van der Waals surface area contributed by atoms with Crippen molar-refractivity contribution >= 4 is 17.3 Å². The minimum atomic E-state index is -0.655. The van der Waals surface area contributed by atoms with Gasteiger partial charge in [0.25, 0.3) is 0 Å². The van der Waals surface area contributed by atoms with Crippen LogP contribution < -0.4 is 0 Å². The van der Waals surface area contributed by atoms with Crippen molar-refractivity contribution < 1.29 is 9.90 Å². The van der Waals surface area contributed by atoms with Gasteiger partial charge in [-0.2, -0.15) is 0 Å². The number of hydrogen-bond donors (Lipinski definition) is 1. The van der Waals surface area contributed by atoms with E-state index in [9.17, 15) is 4.79 Å². The zero-order valence-corrected chi connectivity index (χ0v) is 10.5. The molecule has 0 aliphatic carbocycles. The van der Waals surface area contributed by atoms with E-state index in [-0.39, 0.29) is 11.8 Å². The van der Waals surface area contributed by atoms with Crippen LogP contribution in [0.4, 0.5) is 0 Å². The zero-order valence-electron chi connectivity index (χ0n) is 9.64. The second kappa shape index (κ2) is 4.55. The molecule has 2 rings (SSSR count). The van der Waals surface area contributed by atoms with Gasteiger partial charge in [-0.1, -0.05) is 6.92 Å². The molecule has 16 heavy (non-hydrogen) atoms. The molecule has 1 aliphatic heterocycles. The van der Waals surface area contributed by atoms with Crippen molar-refractivity contribution in [3.8, 4) is 0 Å². The van der Waals surface area contributed by atoms with E-state index in [0.717, 1.165) is 13.1 Å². The molecule has 88 valence electrons. The van der Waals surface area contributed by atoms with E-state index in [0.29, 0.717) is 6.54 Å². The maximum atomic E-state index is 11.0. The van der Waals surface area contributed by atoms with Gasteiger partial charge in [0.1, 0.15) is 0 Å². The van der Waals surface area contributed by atoms with E-state index in [1.807, 2.05) is 6.92 Å². The summed E-state index contributed by atoms with van der Waals surface area (Å²) in [6, 6.07) is 4.26. The number of rotatable bonds is 3. The molecule has 2 heterocycles. The first kappa shape index (κ1) is 11.6. The molecule has 3 nitrogen and oxygen atoms in total. The van der Waals surface area contributed by atoms with Crippen molar-refractivity contribution in [1.82, 2.24) is 4.90 Å². The second-order valence-electron chi connectivity index (χ2n) is 4.63. The first-order valence-electron chi connectivity index (χ1n) is 5.56. The molecule has 0 radical (unpaired) electrons. The summed E-state index contributed by atoms with van der Waals surface area (Å²) in [5.41, 5.74) is 0. The highest BCUT2D eigenvalue weighted by Gasteiger charge is 2.34. The van der Waals surface area contributed by atoms with Crippen LogP contribution in [0.25, 0.3) is 0 Å². The van der Waals surface area contributed by atoms with Gasteiger partial charge in [0.2, 0.25) is 0 Å². The first-order chi connectivity index (χ1) is 7.56. The van der Waals surface area contributed by atoms with Crippen LogP contribution in [-0.2, 0) is 11.3 Å². The molecule has 1 N–H and O–H groups in total. The Bertz CT molecular complexity index is 388. The molecule has 0 aromatic carbocycles. The topological polar surface area (TPSA) is 40.5 Å². The summed E-state index contributed by atoms with van der Waals surface area (Å²) < 4.78 is 0. The van der Waals surface area contributed by atoms with Crippen LogP contribution in [0.5, 0.6) is 0 Å². The highest BCUT2D eigenvalue weighted by molar-refractivity contribution is 7.11. The smallest absolute Gasteiger partial charge is 0.308 e. The summed E-state index contributed by atoms with van der Waals surface area (Å²) >= 11 is 1.80. The molecule has 1 saturated heterocycles. The number of hydrogen-bond acceptors (Lipinski definition) is 3. The average Bonchev–Trinajstić information content (AvgIpc) is 2.73. The number of nitrogens with zero attached hydrogens (tertiary/aromatic N) is 1. The molecular weight excluding hydrogens is 222 g/mol. The Hall–Kier alpha value is -0.870. The Balaban J connectivity index is 1.96. The summed E-state index contributed by atoms with van der Waals surface area (Å²) in [6.07, 6.45) is 0. The van der Waals surface area contributed by atoms with Crippen LogP contribution in [0.2, 0.25) is 0 Å². The highest BCUT2D eigenvalue weighted by atomic mass is 32.1. The van der Waals surface area contributed by atoms with E-state index in [1.165, 1.54) is 9.75 Å². The van der Waals surface area contributed by atoms with Crippen LogP contribution in [0.15, 0.2) is 12.1 Å². The number of carbonyl (C=O) groups is 1. The van der Waals surface area contributed by atoms with E-state index in [2.05, 4.69) is 24.0 Å². The maximum Gasteiger partial charge on any atom is 0.308 e. The lowest BCUT2D eigenvalue weighted by Gasteiger charge is -2.13. The summed E-state index contributed by atoms with van der Waals surface area (Å²) in [4.78, 5) is 15.9. The monoisotopic (exact) mass is 239 g/mol. The standard InChI is InChI=1S/C12H17NO2S/c1-8-5-13(7-11(8)12(14)15)6-10-4-3-9(2)16-10/h3-4,8,11H,5-7H2,1-2H3,(H,14,15)/t8-,11-/m1/s1. The van der Waals surface area contributed by atoms with Crippen LogP contribution in [-0.4, -0.2) is 29.1 Å². The van der Waals surface area contributed by atoms with Gasteiger partial charge in [0.15, 0.2) is 0 Å². The van der Waals surface area contributed by atoms with E-state index in [4.69, 9.17) is 5.11 Å². The third kappa shape index (κ3) is 2.44. The third-order valence-corrected chi connectivity index (χ3v) is 4.17. The summed E-state index contributed by atoms with van der Waals surface area (Å²) in [7, 11) is 0. The van der Waals surface area contributed by atoms with Gasteiger partial charge in [0, 0.05) is 29.4 Å². The molecule has 0 spiro atoms. The molecule has 1 aliphatic rings. The first-order valence-corrected chi connectivity index (χ1v) is 6.38. The lowest BCUT2D eigenvalue weighted by atomic mass is 9.99. The van der Waals surface area contributed by atoms with Crippen molar-refractivity contribution in [2.45, 2.75) is 20.4 Å². The van der Waals surface area contributed by atoms with E-state index < -0.39 is 5.97 Å². The Morgan fingerprint density at radius 2 is 2.31 bits per heavy atom. The fourth-order valence-corrected chi connectivity index (χ4v) is 3.24. The Morgan fingerprint density at radius 1 is 1.56 bits per heavy atom. The van der Waals surface area contributed by atoms with Gasteiger partial charge < -0.3 is 5.11 Å². The molecule has 2 atom stereocenters. The number of aliphatic carboxylic acids is 1. The molecule has 0 bridgehead atoms. The fourth-order valence-electron chi connectivity index (χ4n) is 2.31. The van der Waals surface area contributed by atoms with Gasteiger partial charge in [-0.15, -0.1) is 11.3 Å². The average molecular weight is 239 g/mol. The largest absolute Gasteiger partial charge is 0.481 e. The van der Waals surface area contributed by atoms with Crippen molar-refractivity contribution in [2.24, 2.45) is 11.8 Å². The molecule has 1 fully saturated rings. The van der Waals surface area contributed by atoms with Crippen molar-refractivity contribution in [2.75, 3.05) is 13.1 Å². The summed E-state index contributed by atoms with van der Waals surface area (Å²) in [5, 5.41) is 9.05. The molecule has 1 aromatic heterocycles. The Morgan fingerprint density at radius 3 is 2.81 bits per heavy atom. The van der Waals surface area contributed by atoms with Gasteiger partial charge in [0.05, 0.1) is 5.92 Å². The summed E-state index contributed by atoms with van der Waals surface area (Å²) in [5.74, 6) is -0.586. The highest BCUT2D eigenvalue weighted by Crippen LogP contribution is 2.26. The molecule has 0 saturated carbocycles. The van der Waals surface area contributed by atoms with Crippen LogP contribution in [0.1, 0.15) is 16.7 Å².